The third-order valence-electron chi connectivity index (χ3n) is 2.30. The van der Waals surface area contributed by atoms with Crippen molar-refractivity contribution in [2.24, 2.45) is 5.92 Å². The molecule has 1 aromatic carbocycles. The molecule has 0 saturated carbocycles. The quantitative estimate of drug-likeness (QED) is 0.670. The van der Waals surface area contributed by atoms with E-state index >= 15 is 0 Å². The highest BCUT2D eigenvalue weighted by Gasteiger charge is 2.17. The van der Waals surface area contributed by atoms with Gasteiger partial charge in [0.15, 0.2) is 6.10 Å². The fourth-order valence-electron chi connectivity index (χ4n) is 1.32. The van der Waals surface area contributed by atoms with Gasteiger partial charge in [-0.05, 0) is 30.7 Å². The molecule has 0 heterocycles. The highest BCUT2D eigenvalue weighted by molar-refractivity contribution is 5.82. The minimum Gasteiger partial charge on any atom is -0.481 e. The van der Waals surface area contributed by atoms with E-state index in [1.54, 1.807) is 0 Å². The van der Waals surface area contributed by atoms with Gasteiger partial charge in [0, 0.05) is 12.0 Å². The predicted octanol–water partition coefficient (Wildman–Crippen LogP) is 2.72. The highest BCUT2D eigenvalue weighted by Crippen LogP contribution is 2.14. The molecule has 102 valence electrons. The van der Waals surface area contributed by atoms with E-state index in [-0.39, 0.29) is 17.6 Å². The van der Waals surface area contributed by atoms with Crippen LogP contribution in [0.5, 0.6) is 5.75 Å². The van der Waals surface area contributed by atoms with E-state index in [0.717, 1.165) is 0 Å². The van der Waals surface area contributed by atoms with Crippen LogP contribution in [0.3, 0.4) is 0 Å². The Kier molecular flexibility index (Phi) is 5.87. The topological polar surface area (TPSA) is 38.3 Å². The zero-order chi connectivity index (χ0) is 14.3. The monoisotopic (exact) mass is 263 g/mol. The molecule has 0 radical (unpaired) electrons. The Hall–Kier alpha value is -2.02. The van der Waals surface area contributed by atoms with Crippen molar-refractivity contribution in [1.29, 1.82) is 0 Å². The maximum atomic E-state index is 12.8. The van der Waals surface area contributed by atoms with E-state index in [0.29, 0.717) is 12.2 Å². The van der Waals surface area contributed by atoms with Gasteiger partial charge in [-0.25, -0.2) is 4.39 Å². The average molecular weight is 263 g/mol. The number of nitrogens with one attached hydrogen (secondary N) is 1. The fraction of sp³-hybridized carbons (Fsp3) is 0.400. The predicted molar refractivity (Wildman–Crippen MR) is 71.9 cm³/mol. The first-order valence-corrected chi connectivity index (χ1v) is 6.25. The summed E-state index contributed by atoms with van der Waals surface area (Å²) in [6.07, 6.45) is -0.126. The van der Waals surface area contributed by atoms with Crippen LogP contribution in [0.4, 0.5) is 4.39 Å². The molecule has 4 heteroatoms. The van der Waals surface area contributed by atoms with Crippen molar-refractivity contribution in [3.05, 3.63) is 30.1 Å². The molecule has 0 aliphatic rings. The van der Waals surface area contributed by atoms with Crippen molar-refractivity contribution in [2.75, 3.05) is 0 Å². The van der Waals surface area contributed by atoms with Crippen LogP contribution in [-0.4, -0.2) is 12.0 Å². The van der Waals surface area contributed by atoms with Gasteiger partial charge in [-0.3, -0.25) is 10.1 Å². The first kappa shape index (κ1) is 15.0. The molecule has 1 amide bonds. The third-order valence-corrected chi connectivity index (χ3v) is 2.30. The summed E-state index contributed by atoms with van der Waals surface area (Å²) in [5.74, 6) is 2.86. The number of hydrogen-bond acceptors (Lipinski definition) is 2. The van der Waals surface area contributed by atoms with Crippen molar-refractivity contribution in [1.82, 2.24) is 5.32 Å². The lowest BCUT2D eigenvalue weighted by Gasteiger charge is -2.15. The van der Waals surface area contributed by atoms with Gasteiger partial charge in [-0.2, -0.15) is 0 Å². The van der Waals surface area contributed by atoms with Gasteiger partial charge in [0.25, 0.3) is 5.91 Å². The summed E-state index contributed by atoms with van der Waals surface area (Å²) >= 11 is 0. The zero-order valence-corrected chi connectivity index (χ0v) is 11.4. The number of carbonyl (C=O) groups excluding carboxylic acids is 1. The Labute approximate surface area is 113 Å². The van der Waals surface area contributed by atoms with Gasteiger partial charge in [-0.15, -0.1) is 0 Å². The highest BCUT2D eigenvalue weighted by atomic mass is 19.1. The molecule has 3 nitrogen and oxygen atoms in total. The Bertz CT molecular complexity index is 471. The summed E-state index contributed by atoms with van der Waals surface area (Å²) < 4.78 is 18.2. The molecule has 1 aromatic rings. The summed E-state index contributed by atoms with van der Waals surface area (Å²) in [5, 5.41) is 2.50. The van der Waals surface area contributed by atoms with Gasteiger partial charge < -0.3 is 4.74 Å². The van der Waals surface area contributed by atoms with Gasteiger partial charge in [0.1, 0.15) is 11.6 Å². The Balaban J connectivity index is 2.60. The minimum atomic E-state index is -0.632. The second-order valence-electron chi connectivity index (χ2n) is 4.38. The average Bonchev–Trinajstić information content (AvgIpc) is 2.37. The molecule has 0 bridgehead atoms. The summed E-state index contributed by atoms with van der Waals surface area (Å²) in [7, 11) is 0. The summed E-state index contributed by atoms with van der Waals surface area (Å²) in [6.45, 7) is 5.71. The van der Waals surface area contributed by atoms with Crippen LogP contribution < -0.4 is 10.1 Å². The summed E-state index contributed by atoms with van der Waals surface area (Å²) in [5.41, 5.74) is 0. The largest absolute Gasteiger partial charge is 0.481 e. The van der Waals surface area contributed by atoms with Crippen molar-refractivity contribution in [2.45, 2.75) is 33.3 Å². The Morgan fingerprint density at radius 3 is 2.53 bits per heavy atom. The van der Waals surface area contributed by atoms with Crippen LogP contribution in [-0.2, 0) is 4.79 Å². The van der Waals surface area contributed by atoms with Gasteiger partial charge in [0.2, 0.25) is 0 Å². The molecular weight excluding hydrogens is 245 g/mol. The molecule has 0 spiro atoms. The lowest BCUT2D eigenvalue weighted by Crippen LogP contribution is -2.35. The zero-order valence-electron chi connectivity index (χ0n) is 11.4. The Morgan fingerprint density at radius 2 is 2.00 bits per heavy atom. The van der Waals surface area contributed by atoms with Crippen molar-refractivity contribution in [3.8, 4) is 17.7 Å². The summed E-state index contributed by atoms with van der Waals surface area (Å²) in [6, 6.07) is 8.17. The van der Waals surface area contributed by atoms with E-state index in [2.05, 4.69) is 17.3 Å². The molecule has 1 unspecified atom stereocenters. The molecule has 0 aromatic heterocycles. The number of amides is 1. The van der Waals surface area contributed by atoms with Gasteiger partial charge >= 0.3 is 0 Å². The lowest BCUT2D eigenvalue weighted by molar-refractivity contribution is -0.126. The van der Waals surface area contributed by atoms with Crippen LogP contribution in [0, 0.1) is 23.7 Å². The first-order chi connectivity index (χ1) is 9.02. The van der Waals surface area contributed by atoms with Crippen LogP contribution >= 0.6 is 0 Å². The van der Waals surface area contributed by atoms with Crippen LogP contribution in [0.1, 0.15) is 27.2 Å². The van der Waals surface area contributed by atoms with E-state index in [4.69, 9.17) is 4.74 Å². The van der Waals surface area contributed by atoms with E-state index in [9.17, 15) is 9.18 Å². The maximum Gasteiger partial charge on any atom is 0.272 e. The third kappa shape index (κ3) is 5.43. The molecule has 0 fully saturated rings. The van der Waals surface area contributed by atoms with Gasteiger partial charge in [0.05, 0.1) is 0 Å². The molecule has 1 N–H and O–H groups in total. The molecule has 1 rings (SSSR count). The maximum absolute atomic E-state index is 12.8. The first-order valence-electron chi connectivity index (χ1n) is 6.25. The Morgan fingerprint density at radius 1 is 1.37 bits per heavy atom. The SMILES string of the molecule is CCC(Oc1ccc(F)cc1)C(=O)NC#CC(C)C. The van der Waals surface area contributed by atoms with E-state index in [1.165, 1.54) is 24.3 Å². The molecule has 19 heavy (non-hydrogen) atoms. The fourth-order valence-corrected chi connectivity index (χ4v) is 1.32. The molecule has 0 saturated heterocycles. The number of hydrogen-bond donors (Lipinski definition) is 1. The number of halogens is 1. The smallest absolute Gasteiger partial charge is 0.272 e. The van der Waals surface area contributed by atoms with Crippen molar-refractivity contribution in [3.63, 3.8) is 0 Å². The van der Waals surface area contributed by atoms with Crippen LogP contribution in [0.25, 0.3) is 0 Å². The van der Waals surface area contributed by atoms with Crippen LogP contribution in [0.15, 0.2) is 24.3 Å². The number of ether oxygens (including phenoxy) is 1. The number of rotatable bonds is 4. The summed E-state index contributed by atoms with van der Waals surface area (Å²) in [4.78, 5) is 11.8. The van der Waals surface area contributed by atoms with Crippen LogP contribution in [0.2, 0.25) is 0 Å². The lowest BCUT2D eigenvalue weighted by atomic mass is 10.2. The second-order valence-corrected chi connectivity index (χ2v) is 4.38. The number of benzene rings is 1. The second kappa shape index (κ2) is 7.42. The molecule has 1 atom stereocenters. The molecular formula is C15H18FNO2. The number of carbonyl (C=O) groups is 1. The minimum absolute atomic E-state index is 0.193. The van der Waals surface area contributed by atoms with Crippen molar-refractivity contribution >= 4 is 5.91 Å². The molecule has 0 aliphatic carbocycles. The van der Waals surface area contributed by atoms with Gasteiger partial charge in [-0.1, -0.05) is 26.7 Å². The normalized spacial score (nSPS) is 11.4. The molecule has 0 aliphatic heterocycles. The van der Waals surface area contributed by atoms with E-state index in [1.807, 2.05) is 20.8 Å². The standard InChI is InChI=1S/C15H18FNO2/c1-4-14(15(18)17-10-9-11(2)3)19-13-7-5-12(16)6-8-13/h5-8,11,14H,4H2,1-3H3,(H,17,18). The van der Waals surface area contributed by atoms with E-state index < -0.39 is 6.10 Å². The van der Waals surface area contributed by atoms with Crippen molar-refractivity contribution < 1.29 is 13.9 Å².